The average molecular weight is 511 g/mol. The zero-order valence-electron chi connectivity index (χ0n) is 21.7. The number of esters is 3. The minimum absolute atomic E-state index is 0.0141. The summed E-state index contributed by atoms with van der Waals surface area (Å²) in [4.78, 5) is 36.5. The second-order valence-electron chi connectivity index (χ2n) is 11.6. The number of hydrogen-bond acceptors (Lipinski definition) is 10. The predicted octanol–water partition coefficient (Wildman–Crippen LogP) is 2.09. The number of carbonyl (C=O) groups is 3. The van der Waals surface area contributed by atoms with Gasteiger partial charge in [-0.2, -0.15) is 0 Å². The van der Waals surface area contributed by atoms with Crippen LogP contribution in [0.2, 0.25) is 0 Å². The molecule has 2 saturated carbocycles. The Bertz CT molecular complexity index is 902. The highest BCUT2D eigenvalue weighted by molar-refractivity contribution is 5.67. The number of fused-ring (bicyclic) bond motifs is 3. The Hall–Kier alpha value is -1.75. The van der Waals surface area contributed by atoms with Crippen molar-refractivity contribution in [3.8, 4) is 0 Å². The van der Waals surface area contributed by atoms with Crippen LogP contribution in [0.15, 0.2) is 0 Å². The lowest BCUT2D eigenvalue weighted by Gasteiger charge is -2.64. The molecular formula is C26H38O10. The van der Waals surface area contributed by atoms with Crippen molar-refractivity contribution in [3.63, 3.8) is 0 Å². The van der Waals surface area contributed by atoms with Gasteiger partial charge in [-0.3, -0.25) is 14.4 Å². The molecule has 5 aliphatic rings. The van der Waals surface area contributed by atoms with Gasteiger partial charge in [-0.25, -0.2) is 0 Å². The second-order valence-corrected chi connectivity index (χ2v) is 11.6. The molecule has 0 aromatic carbocycles. The number of aliphatic hydroxyl groups excluding tert-OH is 1. The quantitative estimate of drug-likeness (QED) is 0.333. The van der Waals surface area contributed by atoms with Gasteiger partial charge in [0, 0.05) is 38.5 Å². The van der Waals surface area contributed by atoms with Crippen LogP contribution >= 0.6 is 0 Å². The van der Waals surface area contributed by atoms with Crippen molar-refractivity contribution < 1.29 is 47.9 Å². The maximum atomic E-state index is 12.3. The summed E-state index contributed by atoms with van der Waals surface area (Å²) in [6.45, 7) is 8.77. The Kier molecular flexibility index (Phi) is 6.42. The molecule has 5 fully saturated rings. The molecule has 10 nitrogen and oxygen atoms in total. The zero-order valence-corrected chi connectivity index (χ0v) is 21.7. The van der Waals surface area contributed by atoms with Crippen molar-refractivity contribution in [1.82, 2.24) is 0 Å². The number of hydrogen-bond donors (Lipinski definition) is 1. The van der Waals surface area contributed by atoms with E-state index < -0.39 is 59.1 Å². The van der Waals surface area contributed by atoms with Crippen LogP contribution in [0.25, 0.3) is 0 Å². The molecule has 11 atom stereocenters. The van der Waals surface area contributed by atoms with Gasteiger partial charge in [-0.05, 0) is 37.5 Å². The van der Waals surface area contributed by atoms with Crippen molar-refractivity contribution in [1.29, 1.82) is 0 Å². The summed E-state index contributed by atoms with van der Waals surface area (Å²) in [6, 6.07) is 0. The van der Waals surface area contributed by atoms with E-state index in [1.54, 1.807) is 0 Å². The van der Waals surface area contributed by atoms with E-state index in [1.165, 1.54) is 20.8 Å². The molecule has 2 aliphatic carbocycles. The number of ether oxygens (including phenoxy) is 6. The first-order valence-electron chi connectivity index (χ1n) is 13.0. The zero-order chi connectivity index (χ0) is 26.0. The molecule has 3 aliphatic heterocycles. The summed E-state index contributed by atoms with van der Waals surface area (Å²) >= 11 is 0. The molecule has 1 spiro atoms. The Morgan fingerprint density at radius 2 is 1.61 bits per heavy atom. The van der Waals surface area contributed by atoms with Crippen LogP contribution in [0.5, 0.6) is 0 Å². The van der Waals surface area contributed by atoms with Crippen molar-refractivity contribution in [2.24, 2.45) is 28.6 Å². The topological polar surface area (TPSA) is 130 Å². The summed E-state index contributed by atoms with van der Waals surface area (Å²) in [5, 5.41) is 9.94. The largest absolute Gasteiger partial charge is 0.465 e. The average Bonchev–Trinajstić information content (AvgIpc) is 3.36. The first-order valence-corrected chi connectivity index (χ1v) is 13.0. The first-order chi connectivity index (χ1) is 16.9. The van der Waals surface area contributed by atoms with Crippen LogP contribution in [0.1, 0.15) is 66.7 Å². The van der Waals surface area contributed by atoms with Crippen LogP contribution in [0.4, 0.5) is 0 Å². The Morgan fingerprint density at radius 1 is 0.944 bits per heavy atom. The molecule has 36 heavy (non-hydrogen) atoms. The summed E-state index contributed by atoms with van der Waals surface area (Å²) < 4.78 is 35.8. The lowest BCUT2D eigenvalue weighted by molar-refractivity contribution is -0.275. The lowest BCUT2D eigenvalue weighted by atomic mass is 9.42. The maximum Gasteiger partial charge on any atom is 0.303 e. The van der Waals surface area contributed by atoms with E-state index in [9.17, 15) is 19.5 Å². The third-order valence-electron chi connectivity index (χ3n) is 9.88. The van der Waals surface area contributed by atoms with Crippen LogP contribution in [0.3, 0.4) is 0 Å². The summed E-state index contributed by atoms with van der Waals surface area (Å²) in [5.41, 5.74) is -2.26. The highest BCUT2D eigenvalue weighted by Crippen LogP contribution is 2.70. The third kappa shape index (κ3) is 3.78. The number of epoxide rings is 1. The Balaban J connectivity index is 1.59. The molecule has 202 valence electrons. The van der Waals surface area contributed by atoms with Gasteiger partial charge in [-0.1, -0.05) is 13.8 Å². The highest BCUT2D eigenvalue weighted by Gasteiger charge is 2.80. The summed E-state index contributed by atoms with van der Waals surface area (Å²) in [7, 11) is 0. The molecule has 0 radical (unpaired) electrons. The van der Waals surface area contributed by atoms with Crippen molar-refractivity contribution >= 4 is 17.9 Å². The van der Waals surface area contributed by atoms with E-state index in [0.29, 0.717) is 32.3 Å². The SMILES string of the molecule is CC(=O)OC[C@@]12[C@@H](OC(C)=O)C[C@@H](C)[C@](C)([C@@H]3C[C@H]4C[C@@H](O)O[C@@H]4O3)[C@H]1CC[C@H](OC(C)=O)[C@]21CO1. The molecule has 0 unspecified atom stereocenters. The Morgan fingerprint density at radius 3 is 2.19 bits per heavy atom. The molecule has 3 heterocycles. The fraction of sp³-hybridized carbons (Fsp3) is 0.885. The van der Waals surface area contributed by atoms with Gasteiger partial charge in [0.15, 0.2) is 12.6 Å². The number of rotatable bonds is 5. The van der Waals surface area contributed by atoms with Crippen molar-refractivity contribution in [3.05, 3.63) is 0 Å². The molecule has 5 rings (SSSR count). The van der Waals surface area contributed by atoms with Gasteiger partial charge in [0.25, 0.3) is 0 Å². The molecule has 0 aromatic heterocycles. The molecule has 10 heteroatoms. The van der Waals surface area contributed by atoms with E-state index in [0.717, 1.165) is 6.42 Å². The summed E-state index contributed by atoms with van der Waals surface area (Å²) in [5.74, 6) is -1.20. The van der Waals surface area contributed by atoms with Gasteiger partial charge in [-0.15, -0.1) is 0 Å². The van der Waals surface area contributed by atoms with E-state index in [4.69, 9.17) is 28.4 Å². The second kappa shape index (κ2) is 8.92. The first kappa shape index (κ1) is 25.9. The number of carbonyl (C=O) groups excluding carboxylic acids is 3. The summed E-state index contributed by atoms with van der Waals surface area (Å²) in [6.07, 6.45) is 0.456. The van der Waals surface area contributed by atoms with Crippen LogP contribution < -0.4 is 0 Å². The van der Waals surface area contributed by atoms with E-state index >= 15 is 0 Å². The lowest BCUT2D eigenvalue weighted by Crippen LogP contribution is -2.72. The number of aliphatic hydroxyl groups is 1. The van der Waals surface area contributed by atoms with Gasteiger partial charge >= 0.3 is 17.9 Å². The van der Waals surface area contributed by atoms with Gasteiger partial charge in [0.05, 0.1) is 18.1 Å². The molecular weight excluding hydrogens is 472 g/mol. The minimum atomic E-state index is -0.931. The highest BCUT2D eigenvalue weighted by atomic mass is 16.7. The smallest absolute Gasteiger partial charge is 0.303 e. The molecule has 0 bridgehead atoms. The van der Waals surface area contributed by atoms with Crippen LogP contribution in [0, 0.1) is 28.6 Å². The monoisotopic (exact) mass is 510 g/mol. The molecule has 0 aromatic rings. The van der Waals surface area contributed by atoms with Gasteiger partial charge in [0.2, 0.25) is 0 Å². The van der Waals surface area contributed by atoms with E-state index in [-0.39, 0.29) is 30.5 Å². The normalized spacial score (nSPS) is 49.2. The third-order valence-corrected chi connectivity index (χ3v) is 9.88. The van der Waals surface area contributed by atoms with Crippen molar-refractivity contribution in [2.75, 3.05) is 13.2 Å². The van der Waals surface area contributed by atoms with Crippen LogP contribution in [-0.4, -0.2) is 72.7 Å². The Labute approximate surface area is 211 Å². The van der Waals surface area contributed by atoms with E-state index in [2.05, 4.69) is 13.8 Å². The van der Waals surface area contributed by atoms with Gasteiger partial charge < -0.3 is 33.5 Å². The van der Waals surface area contributed by atoms with Crippen LogP contribution in [-0.2, 0) is 42.8 Å². The van der Waals surface area contributed by atoms with Gasteiger partial charge in [0.1, 0.15) is 24.4 Å². The van der Waals surface area contributed by atoms with E-state index in [1.807, 2.05) is 0 Å². The molecule has 1 N–H and O–H groups in total. The standard InChI is InChI=1S/C26H38O10/c1-13-8-21(34-16(4)29)25(11-31-14(2)27)18(6-7-19(33-15(3)28)26(25)12-32-26)24(13,5)20-9-17-10-22(30)36-23(17)35-20/h13,17-23,30H,6-12H2,1-5H3/t13-,17+,18-,19+,20+,21+,22+,23+,24+,25+,26-/m1/s1. The van der Waals surface area contributed by atoms with Crippen molar-refractivity contribution in [2.45, 2.75) is 103 Å². The predicted molar refractivity (Wildman–Crippen MR) is 122 cm³/mol. The molecule has 3 saturated heterocycles. The molecule has 0 amide bonds. The maximum absolute atomic E-state index is 12.3. The fourth-order valence-corrected chi connectivity index (χ4v) is 8.15. The fourth-order valence-electron chi connectivity index (χ4n) is 8.15. The minimum Gasteiger partial charge on any atom is -0.465 e.